The van der Waals surface area contributed by atoms with E-state index in [2.05, 4.69) is 86.9 Å². The summed E-state index contributed by atoms with van der Waals surface area (Å²) in [6.07, 6.45) is 1.41. The lowest BCUT2D eigenvalue weighted by molar-refractivity contribution is -0.142. The molecule has 0 aromatic heterocycles. The van der Waals surface area contributed by atoms with Crippen molar-refractivity contribution in [2.45, 2.75) is 122 Å². The van der Waals surface area contributed by atoms with Crippen molar-refractivity contribution in [1.29, 1.82) is 0 Å². The molecule has 0 aromatic rings. The van der Waals surface area contributed by atoms with E-state index in [1.807, 2.05) is 0 Å². The third-order valence-corrected chi connectivity index (χ3v) is 18.9. The maximum atomic E-state index is 12.1. The summed E-state index contributed by atoms with van der Waals surface area (Å²) < 4.78 is 12.6. The molecule has 5 heteroatoms. The predicted molar refractivity (Wildman–Crippen MR) is 127 cm³/mol. The van der Waals surface area contributed by atoms with E-state index in [9.17, 15) is 4.79 Å². The molecule has 0 aromatic carbocycles. The minimum Gasteiger partial charge on any atom is -0.461 e. The fourth-order valence-electron chi connectivity index (χ4n) is 5.36. The summed E-state index contributed by atoms with van der Waals surface area (Å²) in [6, 6.07) is 0. The normalized spacial score (nSPS) is 28.0. The Morgan fingerprint density at radius 2 is 1.55 bits per heavy atom. The van der Waals surface area contributed by atoms with E-state index in [4.69, 9.17) is 9.16 Å². The monoisotopic (exact) mass is 436 g/mol. The summed E-state index contributed by atoms with van der Waals surface area (Å²) in [7, 11) is -3.69. The number of fused-ring (bicyclic) bond motifs is 1. The van der Waals surface area contributed by atoms with Gasteiger partial charge in [0.2, 0.25) is 0 Å². The van der Waals surface area contributed by atoms with Gasteiger partial charge in [0.15, 0.2) is 8.32 Å². The van der Waals surface area contributed by atoms with Crippen LogP contribution < -0.4 is 0 Å². The Morgan fingerprint density at radius 3 is 2.00 bits per heavy atom. The SMILES string of the molecule is CC(C)[Si](C#C[C@H]1C[C@@H](O[Si](C)(C)C(C)(C)C)[C@@H]2CC(=O)O[C@@H]21)(C(C)C)C(C)C. The van der Waals surface area contributed by atoms with E-state index in [-0.39, 0.29) is 35.1 Å². The van der Waals surface area contributed by atoms with Crippen molar-refractivity contribution in [2.24, 2.45) is 11.8 Å². The zero-order chi connectivity index (χ0) is 22.4. The number of carbonyl (C=O) groups excluding carboxylic acids is 1. The van der Waals surface area contributed by atoms with Gasteiger partial charge in [-0.25, -0.2) is 0 Å². The Balaban J connectivity index is 2.34. The number of hydrogen-bond acceptors (Lipinski definition) is 3. The number of ether oxygens (including phenoxy) is 1. The molecule has 2 fully saturated rings. The van der Waals surface area contributed by atoms with Crippen molar-refractivity contribution in [3.05, 3.63) is 0 Å². The molecule has 0 radical (unpaired) electrons. The fourth-order valence-corrected chi connectivity index (χ4v) is 12.0. The van der Waals surface area contributed by atoms with Crippen LogP contribution in [0.4, 0.5) is 0 Å². The Morgan fingerprint density at radius 1 is 1.03 bits per heavy atom. The van der Waals surface area contributed by atoms with Crippen molar-refractivity contribution >= 4 is 22.4 Å². The molecule has 0 amide bonds. The lowest BCUT2D eigenvalue weighted by Crippen LogP contribution is -2.45. The molecular weight excluding hydrogens is 392 g/mol. The molecule has 0 unspecified atom stereocenters. The zero-order valence-corrected chi connectivity index (χ0v) is 22.7. The van der Waals surface area contributed by atoms with Crippen molar-refractivity contribution in [1.82, 2.24) is 0 Å². The Kier molecular flexibility index (Phi) is 7.25. The van der Waals surface area contributed by atoms with Crippen LogP contribution in [0.5, 0.6) is 0 Å². The van der Waals surface area contributed by atoms with Gasteiger partial charge in [0.05, 0.1) is 18.4 Å². The summed E-state index contributed by atoms with van der Waals surface area (Å²) >= 11 is 0. The number of hydrogen-bond donors (Lipinski definition) is 0. The second-order valence-corrected chi connectivity index (χ2v) is 22.1. The highest BCUT2D eigenvalue weighted by molar-refractivity contribution is 6.90. The molecule has 2 aliphatic rings. The molecule has 1 saturated heterocycles. The average molecular weight is 437 g/mol. The number of esters is 1. The van der Waals surface area contributed by atoms with Crippen molar-refractivity contribution in [2.75, 3.05) is 0 Å². The molecule has 1 aliphatic heterocycles. The van der Waals surface area contributed by atoms with Gasteiger partial charge in [-0.05, 0) is 41.2 Å². The third kappa shape index (κ3) is 4.70. The standard InChI is InChI=1S/C24H44O3Si2/c1-16(2)29(17(3)4,18(5)6)13-12-19-14-21(20-15-22(25)26-23(19)20)27-28(10,11)24(7,8)9/h16-21,23H,14-15H2,1-11H3/t19-,20-,21+,23+/m0/s1. The predicted octanol–water partition coefficient (Wildman–Crippen LogP) is 6.55. The third-order valence-electron chi connectivity index (χ3n) is 8.04. The van der Waals surface area contributed by atoms with Crippen LogP contribution in [0.2, 0.25) is 34.8 Å². The molecule has 0 spiro atoms. The molecule has 1 aliphatic carbocycles. The first-order valence-electron chi connectivity index (χ1n) is 11.5. The summed E-state index contributed by atoms with van der Waals surface area (Å²) in [5.74, 6) is 3.89. The first-order valence-corrected chi connectivity index (χ1v) is 16.7. The molecule has 1 saturated carbocycles. The van der Waals surface area contributed by atoms with Crippen LogP contribution in [0.1, 0.15) is 75.2 Å². The minimum absolute atomic E-state index is 0.0737. The topological polar surface area (TPSA) is 35.5 Å². The second kappa shape index (κ2) is 8.51. The smallest absolute Gasteiger partial charge is 0.306 e. The quantitative estimate of drug-likeness (QED) is 0.278. The van der Waals surface area contributed by atoms with Crippen molar-refractivity contribution < 1.29 is 14.0 Å². The van der Waals surface area contributed by atoms with E-state index in [0.29, 0.717) is 23.0 Å². The van der Waals surface area contributed by atoms with E-state index < -0.39 is 16.4 Å². The van der Waals surface area contributed by atoms with Gasteiger partial charge < -0.3 is 9.16 Å². The highest BCUT2D eigenvalue weighted by Crippen LogP contribution is 2.47. The lowest BCUT2D eigenvalue weighted by Gasteiger charge is -2.39. The van der Waals surface area contributed by atoms with Crippen LogP contribution in [0.15, 0.2) is 0 Å². The first kappa shape index (κ1) is 24.7. The van der Waals surface area contributed by atoms with Crippen LogP contribution >= 0.6 is 0 Å². The van der Waals surface area contributed by atoms with Gasteiger partial charge in [-0.1, -0.05) is 62.3 Å². The largest absolute Gasteiger partial charge is 0.461 e. The van der Waals surface area contributed by atoms with E-state index in [1.54, 1.807) is 0 Å². The van der Waals surface area contributed by atoms with Gasteiger partial charge in [0, 0.05) is 5.92 Å². The molecule has 1 heterocycles. The highest BCUT2D eigenvalue weighted by Gasteiger charge is 2.53. The minimum atomic E-state index is -1.90. The molecule has 3 nitrogen and oxygen atoms in total. The van der Waals surface area contributed by atoms with E-state index in [0.717, 1.165) is 6.42 Å². The average Bonchev–Trinajstić information content (AvgIpc) is 3.05. The molecule has 2 rings (SSSR count). The summed E-state index contributed by atoms with van der Waals surface area (Å²) in [6.45, 7) is 25.5. The lowest BCUT2D eigenvalue weighted by atomic mass is 10.0. The van der Waals surface area contributed by atoms with Crippen LogP contribution in [0, 0.1) is 23.3 Å². The summed E-state index contributed by atoms with van der Waals surface area (Å²) in [4.78, 5) is 12.1. The van der Waals surface area contributed by atoms with Crippen molar-refractivity contribution in [3.8, 4) is 11.5 Å². The van der Waals surface area contributed by atoms with Gasteiger partial charge in [0.1, 0.15) is 14.2 Å². The van der Waals surface area contributed by atoms with Gasteiger partial charge in [0.25, 0.3) is 0 Å². The van der Waals surface area contributed by atoms with E-state index >= 15 is 0 Å². The Hall–Kier alpha value is -0.576. The molecular formula is C24H44O3Si2. The molecule has 29 heavy (non-hydrogen) atoms. The van der Waals surface area contributed by atoms with Gasteiger partial charge in [-0.15, -0.1) is 11.5 Å². The van der Waals surface area contributed by atoms with Gasteiger partial charge in [-0.2, -0.15) is 0 Å². The van der Waals surface area contributed by atoms with Crippen LogP contribution in [0.25, 0.3) is 0 Å². The molecule has 166 valence electrons. The zero-order valence-electron chi connectivity index (χ0n) is 20.7. The Labute approximate surface area is 181 Å². The van der Waals surface area contributed by atoms with Crippen molar-refractivity contribution in [3.63, 3.8) is 0 Å². The summed E-state index contributed by atoms with van der Waals surface area (Å²) in [5, 5.41) is 0.157. The first-order chi connectivity index (χ1) is 13.1. The Bertz CT molecular complexity index is 642. The maximum Gasteiger partial charge on any atom is 0.306 e. The second-order valence-electron chi connectivity index (χ2n) is 11.7. The van der Waals surface area contributed by atoms with Gasteiger partial charge in [-0.3, -0.25) is 4.79 Å². The fraction of sp³-hybridized carbons (Fsp3) is 0.875. The van der Waals surface area contributed by atoms with E-state index in [1.165, 1.54) is 0 Å². The number of rotatable bonds is 5. The maximum absolute atomic E-state index is 12.1. The van der Waals surface area contributed by atoms with Crippen LogP contribution in [0.3, 0.4) is 0 Å². The van der Waals surface area contributed by atoms with Crippen LogP contribution in [-0.4, -0.2) is 34.6 Å². The molecule has 0 N–H and O–H groups in total. The molecule has 4 atom stereocenters. The molecule has 0 bridgehead atoms. The summed E-state index contributed by atoms with van der Waals surface area (Å²) in [5.41, 5.74) is 5.69. The van der Waals surface area contributed by atoms with Crippen LogP contribution in [-0.2, 0) is 14.0 Å². The van der Waals surface area contributed by atoms with Gasteiger partial charge >= 0.3 is 5.97 Å². The highest BCUT2D eigenvalue weighted by atomic mass is 28.4. The number of carbonyl (C=O) groups is 1.